The molecule has 8 nitrogen and oxygen atoms in total. The Morgan fingerprint density at radius 3 is 1.62 bits per heavy atom. The highest BCUT2D eigenvalue weighted by molar-refractivity contribution is 7.89. The van der Waals surface area contributed by atoms with Crippen molar-refractivity contribution in [3.05, 3.63) is 24.3 Å². The molecule has 2 heterocycles. The van der Waals surface area contributed by atoms with Crippen molar-refractivity contribution in [2.45, 2.75) is 41.5 Å². The molecule has 3 aliphatic rings. The number of hydrogen-bond donors (Lipinski definition) is 0. The molecule has 1 saturated carbocycles. The third kappa shape index (κ3) is 4.38. The summed E-state index contributed by atoms with van der Waals surface area (Å²) in [4.78, 5) is 2.67. The maximum atomic E-state index is 13.0. The number of morpholine rings is 1. The summed E-state index contributed by atoms with van der Waals surface area (Å²) in [7, 11) is -7.25. The predicted molar refractivity (Wildman–Crippen MR) is 109 cm³/mol. The topological polar surface area (TPSA) is 87.2 Å². The molecule has 1 aromatic carbocycles. The van der Waals surface area contributed by atoms with Crippen LogP contribution < -0.4 is 0 Å². The van der Waals surface area contributed by atoms with E-state index in [9.17, 15) is 16.8 Å². The van der Waals surface area contributed by atoms with Gasteiger partial charge in [0.2, 0.25) is 20.0 Å². The van der Waals surface area contributed by atoms with E-state index in [1.165, 1.54) is 58.6 Å². The van der Waals surface area contributed by atoms with Crippen LogP contribution in [0, 0.1) is 0 Å². The lowest BCUT2D eigenvalue weighted by molar-refractivity contribution is 0.0730. The van der Waals surface area contributed by atoms with E-state index >= 15 is 0 Å². The summed E-state index contributed by atoms with van der Waals surface area (Å²) in [6, 6.07) is 6.21. The molecule has 0 radical (unpaired) electrons. The van der Waals surface area contributed by atoms with Gasteiger partial charge in [0.1, 0.15) is 0 Å². The largest absolute Gasteiger partial charge is 0.379 e. The second-order valence-corrected chi connectivity index (χ2v) is 11.7. The van der Waals surface area contributed by atoms with Crippen LogP contribution in [-0.4, -0.2) is 88.9 Å². The van der Waals surface area contributed by atoms with Crippen LogP contribution in [0.1, 0.15) is 25.7 Å². The molecule has 2 aliphatic heterocycles. The minimum Gasteiger partial charge on any atom is -0.379 e. The average Bonchev–Trinajstić information content (AvgIpc) is 3.29. The van der Waals surface area contributed by atoms with Crippen molar-refractivity contribution in [3.8, 4) is 0 Å². The summed E-state index contributed by atoms with van der Waals surface area (Å²) in [6.45, 7) is 3.85. The lowest BCUT2D eigenvalue weighted by atomic mass is 10.2. The molecule has 0 atom stereocenters. The molecule has 29 heavy (non-hydrogen) atoms. The number of piperazine rings is 1. The van der Waals surface area contributed by atoms with Crippen molar-refractivity contribution >= 4 is 20.0 Å². The first-order valence-electron chi connectivity index (χ1n) is 10.3. The maximum absolute atomic E-state index is 13.0. The van der Waals surface area contributed by atoms with Crippen molar-refractivity contribution in [1.82, 2.24) is 13.5 Å². The van der Waals surface area contributed by atoms with Crippen molar-refractivity contribution in [3.63, 3.8) is 0 Å². The highest BCUT2D eigenvalue weighted by atomic mass is 32.2. The molecule has 0 N–H and O–H groups in total. The zero-order chi connectivity index (χ0) is 20.5. The van der Waals surface area contributed by atoms with Crippen LogP contribution in [0.3, 0.4) is 0 Å². The Bertz CT molecular complexity index is 898. The Morgan fingerprint density at radius 2 is 1.14 bits per heavy atom. The standard InChI is InChI=1S/C19H29N3O5S2/c23-28(24,21-11-9-20(10-12-21)17-3-1-2-4-17)18-5-7-19(8-6-18)29(25,26)22-13-15-27-16-14-22/h5-8,17H,1-4,9-16H2. The Hall–Kier alpha value is -1.04. The molecule has 1 aliphatic carbocycles. The van der Waals surface area contributed by atoms with Crippen molar-refractivity contribution in [2.24, 2.45) is 0 Å². The van der Waals surface area contributed by atoms with Gasteiger partial charge < -0.3 is 4.74 Å². The van der Waals surface area contributed by atoms with Gasteiger partial charge in [0.15, 0.2) is 0 Å². The lowest BCUT2D eigenvalue weighted by Crippen LogP contribution is -2.51. The third-order valence-electron chi connectivity index (χ3n) is 6.18. The molecular weight excluding hydrogens is 414 g/mol. The number of sulfonamides is 2. The van der Waals surface area contributed by atoms with E-state index in [1.807, 2.05) is 0 Å². The fourth-order valence-corrected chi connectivity index (χ4v) is 7.28. The first kappa shape index (κ1) is 21.2. The molecule has 0 amide bonds. The van der Waals surface area contributed by atoms with E-state index in [0.29, 0.717) is 45.4 Å². The van der Waals surface area contributed by atoms with Crippen LogP contribution in [0.25, 0.3) is 0 Å². The fourth-order valence-electron chi connectivity index (χ4n) is 4.45. The summed E-state index contributed by atoms with van der Waals surface area (Å²) in [5, 5.41) is 0. The molecule has 10 heteroatoms. The van der Waals surface area contributed by atoms with E-state index in [-0.39, 0.29) is 9.79 Å². The van der Waals surface area contributed by atoms with Gasteiger partial charge in [-0.1, -0.05) is 12.8 Å². The van der Waals surface area contributed by atoms with Crippen LogP contribution in [0.5, 0.6) is 0 Å². The van der Waals surface area contributed by atoms with Gasteiger partial charge in [-0.15, -0.1) is 0 Å². The molecule has 1 aromatic rings. The summed E-state index contributed by atoms with van der Waals surface area (Å²) < 4.78 is 59.6. The zero-order valence-electron chi connectivity index (χ0n) is 16.6. The summed E-state index contributed by atoms with van der Waals surface area (Å²) in [5.74, 6) is 0. The monoisotopic (exact) mass is 443 g/mol. The average molecular weight is 444 g/mol. The quantitative estimate of drug-likeness (QED) is 0.674. The minimum atomic E-state index is -3.63. The third-order valence-corrected chi connectivity index (χ3v) is 10.0. The van der Waals surface area contributed by atoms with Crippen LogP contribution in [0.2, 0.25) is 0 Å². The van der Waals surface area contributed by atoms with Crippen LogP contribution in [0.4, 0.5) is 0 Å². The zero-order valence-corrected chi connectivity index (χ0v) is 18.2. The molecule has 0 aromatic heterocycles. The van der Waals surface area contributed by atoms with E-state index in [2.05, 4.69) is 4.90 Å². The number of nitrogens with zero attached hydrogens (tertiary/aromatic N) is 3. The van der Waals surface area contributed by atoms with Crippen molar-refractivity contribution in [1.29, 1.82) is 0 Å². The summed E-state index contributed by atoms with van der Waals surface area (Å²) >= 11 is 0. The number of benzene rings is 1. The molecule has 4 rings (SSSR count). The molecule has 162 valence electrons. The second kappa shape index (κ2) is 8.60. The van der Waals surface area contributed by atoms with E-state index in [0.717, 1.165) is 13.1 Å². The number of ether oxygens (including phenoxy) is 1. The first-order chi connectivity index (χ1) is 13.9. The lowest BCUT2D eigenvalue weighted by Gasteiger charge is -2.37. The molecule has 3 fully saturated rings. The Balaban J connectivity index is 1.44. The van der Waals surface area contributed by atoms with Gasteiger partial charge >= 0.3 is 0 Å². The predicted octanol–water partition coefficient (Wildman–Crippen LogP) is 0.956. The molecule has 0 spiro atoms. The SMILES string of the molecule is O=S(=O)(c1ccc(S(=O)(=O)N2CCN(C3CCCC3)CC2)cc1)N1CCOCC1. The van der Waals surface area contributed by atoms with E-state index in [4.69, 9.17) is 4.74 Å². The van der Waals surface area contributed by atoms with Gasteiger partial charge in [0, 0.05) is 45.3 Å². The van der Waals surface area contributed by atoms with Crippen LogP contribution >= 0.6 is 0 Å². The summed E-state index contributed by atoms with van der Waals surface area (Å²) in [5.41, 5.74) is 0. The molecule has 2 saturated heterocycles. The molecular formula is C19H29N3O5S2. The first-order valence-corrected chi connectivity index (χ1v) is 13.2. The molecule has 0 unspecified atom stereocenters. The number of rotatable bonds is 5. The maximum Gasteiger partial charge on any atom is 0.243 e. The normalized spacial score (nSPS) is 24.1. The highest BCUT2D eigenvalue weighted by Gasteiger charge is 2.32. The van der Waals surface area contributed by atoms with Gasteiger partial charge in [-0.25, -0.2) is 16.8 Å². The Morgan fingerprint density at radius 1 is 0.690 bits per heavy atom. The van der Waals surface area contributed by atoms with E-state index in [1.54, 1.807) is 0 Å². The fraction of sp³-hybridized carbons (Fsp3) is 0.684. The van der Waals surface area contributed by atoms with Crippen molar-refractivity contribution < 1.29 is 21.6 Å². The van der Waals surface area contributed by atoms with Crippen molar-refractivity contribution in [2.75, 3.05) is 52.5 Å². The van der Waals surface area contributed by atoms with E-state index < -0.39 is 20.0 Å². The molecule has 0 bridgehead atoms. The number of hydrogen-bond acceptors (Lipinski definition) is 6. The smallest absolute Gasteiger partial charge is 0.243 e. The van der Waals surface area contributed by atoms with Gasteiger partial charge in [-0.3, -0.25) is 4.90 Å². The highest BCUT2D eigenvalue weighted by Crippen LogP contribution is 2.26. The minimum absolute atomic E-state index is 0.115. The van der Waals surface area contributed by atoms with Crippen LogP contribution in [0.15, 0.2) is 34.1 Å². The van der Waals surface area contributed by atoms with Gasteiger partial charge in [0.05, 0.1) is 23.0 Å². The van der Waals surface area contributed by atoms with Gasteiger partial charge in [-0.05, 0) is 37.1 Å². The Labute approximate surface area is 173 Å². The Kier molecular flexibility index (Phi) is 6.29. The van der Waals surface area contributed by atoms with Gasteiger partial charge in [-0.2, -0.15) is 8.61 Å². The summed E-state index contributed by atoms with van der Waals surface area (Å²) in [6.07, 6.45) is 4.96. The van der Waals surface area contributed by atoms with Crippen LogP contribution in [-0.2, 0) is 24.8 Å². The van der Waals surface area contributed by atoms with Gasteiger partial charge in [0.25, 0.3) is 0 Å². The second-order valence-electron chi connectivity index (χ2n) is 7.87.